The van der Waals surface area contributed by atoms with E-state index in [0.29, 0.717) is 12.5 Å². The van der Waals surface area contributed by atoms with Crippen LogP contribution < -0.4 is 5.73 Å². The fourth-order valence-electron chi connectivity index (χ4n) is 2.29. The Morgan fingerprint density at radius 3 is 2.88 bits per heavy atom. The van der Waals surface area contributed by atoms with Crippen LogP contribution >= 0.6 is 0 Å². The summed E-state index contributed by atoms with van der Waals surface area (Å²) in [4.78, 5) is 15.8. The fourth-order valence-corrected chi connectivity index (χ4v) is 2.29. The molecule has 5 heteroatoms. The van der Waals surface area contributed by atoms with E-state index < -0.39 is 6.04 Å². The van der Waals surface area contributed by atoms with Crippen molar-refractivity contribution < 1.29 is 9.53 Å². The maximum Gasteiger partial charge on any atom is 0.322 e. The molecule has 0 aromatic carbocycles. The van der Waals surface area contributed by atoms with Gasteiger partial charge in [-0.1, -0.05) is 0 Å². The Morgan fingerprint density at radius 1 is 1.65 bits per heavy atom. The Balaban J connectivity index is 2.20. The lowest BCUT2D eigenvalue weighted by Crippen LogP contribution is -2.40. The molecule has 0 spiro atoms. The van der Waals surface area contributed by atoms with Gasteiger partial charge < -0.3 is 20.3 Å². The highest BCUT2D eigenvalue weighted by Crippen LogP contribution is 2.15. The Morgan fingerprint density at radius 2 is 2.35 bits per heavy atom. The average molecular weight is 243 g/mol. The molecule has 100 valence electrons. The van der Waals surface area contributed by atoms with Gasteiger partial charge in [0.2, 0.25) is 0 Å². The zero-order chi connectivity index (χ0) is 12.8. The first-order valence-corrected chi connectivity index (χ1v) is 6.26. The molecule has 2 unspecified atom stereocenters. The van der Waals surface area contributed by atoms with Gasteiger partial charge in [-0.3, -0.25) is 4.79 Å². The quantitative estimate of drug-likeness (QED) is 0.660. The number of esters is 1. The zero-order valence-corrected chi connectivity index (χ0v) is 11.2. The number of carbonyl (C=O) groups is 1. The summed E-state index contributed by atoms with van der Waals surface area (Å²) in [5.41, 5.74) is 5.70. The molecule has 0 aromatic heterocycles. The van der Waals surface area contributed by atoms with E-state index in [2.05, 4.69) is 28.6 Å². The number of carbonyl (C=O) groups excluding carboxylic acids is 1. The molecule has 2 N–H and O–H groups in total. The Kier molecular flexibility index (Phi) is 5.88. The molecule has 0 saturated carbocycles. The summed E-state index contributed by atoms with van der Waals surface area (Å²) in [6.45, 7) is 3.07. The monoisotopic (exact) mass is 243 g/mol. The molecular formula is C12H25N3O2. The van der Waals surface area contributed by atoms with Gasteiger partial charge in [-0.2, -0.15) is 0 Å². The third kappa shape index (κ3) is 4.61. The zero-order valence-electron chi connectivity index (χ0n) is 11.2. The molecule has 0 radical (unpaired) electrons. The van der Waals surface area contributed by atoms with Crippen molar-refractivity contribution in [2.24, 2.45) is 5.73 Å². The summed E-state index contributed by atoms with van der Waals surface area (Å²) in [6, 6.07) is 0.151. The molecule has 1 aliphatic rings. The molecule has 0 amide bonds. The minimum Gasteiger partial charge on any atom is -0.468 e. The molecular weight excluding hydrogens is 218 g/mol. The first-order chi connectivity index (χ1) is 8.04. The minimum absolute atomic E-state index is 0.323. The Bertz CT molecular complexity index is 248. The van der Waals surface area contributed by atoms with Crippen molar-refractivity contribution in [3.8, 4) is 0 Å². The summed E-state index contributed by atoms with van der Waals surface area (Å²) in [7, 11) is 5.63. The molecule has 1 fully saturated rings. The van der Waals surface area contributed by atoms with Gasteiger partial charge in [0.05, 0.1) is 7.11 Å². The maximum atomic E-state index is 11.1. The van der Waals surface area contributed by atoms with Crippen LogP contribution in [0.3, 0.4) is 0 Å². The third-order valence-electron chi connectivity index (χ3n) is 3.52. The standard InChI is InChI=1S/C12H25N3O2/c1-14(8-6-11(13)12(16)17-3)9-10-5-4-7-15(10)2/h10-11H,4-9,13H2,1-3H3. The largest absolute Gasteiger partial charge is 0.468 e. The van der Waals surface area contributed by atoms with E-state index >= 15 is 0 Å². The van der Waals surface area contributed by atoms with Crippen LogP contribution in [0.5, 0.6) is 0 Å². The van der Waals surface area contributed by atoms with E-state index in [-0.39, 0.29) is 5.97 Å². The highest BCUT2D eigenvalue weighted by atomic mass is 16.5. The van der Waals surface area contributed by atoms with Gasteiger partial charge in [-0.15, -0.1) is 0 Å². The number of rotatable bonds is 6. The maximum absolute atomic E-state index is 11.1. The SMILES string of the molecule is COC(=O)C(N)CCN(C)CC1CCCN1C. The van der Waals surface area contributed by atoms with Gasteiger partial charge in [-0.25, -0.2) is 0 Å². The van der Waals surface area contributed by atoms with Gasteiger partial charge in [0.1, 0.15) is 6.04 Å². The number of likely N-dealkylation sites (N-methyl/N-ethyl adjacent to an activating group) is 2. The molecule has 5 nitrogen and oxygen atoms in total. The van der Waals surface area contributed by atoms with E-state index in [0.717, 1.165) is 13.1 Å². The molecule has 2 atom stereocenters. The first kappa shape index (κ1) is 14.4. The second-order valence-electron chi connectivity index (χ2n) is 4.96. The number of nitrogens with two attached hydrogens (primary N) is 1. The molecule has 1 saturated heterocycles. The summed E-state index contributed by atoms with van der Waals surface area (Å²) in [5, 5.41) is 0. The van der Waals surface area contributed by atoms with Crippen molar-refractivity contribution in [3.63, 3.8) is 0 Å². The van der Waals surface area contributed by atoms with Crippen LogP contribution in [0.25, 0.3) is 0 Å². The van der Waals surface area contributed by atoms with Crippen molar-refractivity contribution in [3.05, 3.63) is 0 Å². The van der Waals surface area contributed by atoms with Gasteiger partial charge in [0.25, 0.3) is 0 Å². The van der Waals surface area contributed by atoms with Crippen LogP contribution in [0, 0.1) is 0 Å². The Hall–Kier alpha value is -0.650. The predicted molar refractivity (Wildman–Crippen MR) is 67.8 cm³/mol. The van der Waals surface area contributed by atoms with Crippen molar-refractivity contribution in [1.29, 1.82) is 0 Å². The highest BCUT2D eigenvalue weighted by molar-refractivity contribution is 5.75. The van der Waals surface area contributed by atoms with E-state index in [9.17, 15) is 4.79 Å². The van der Waals surface area contributed by atoms with Crippen LogP contribution in [-0.4, -0.2) is 68.7 Å². The topological polar surface area (TPSA) is 58.8 Å². The minimum atomic E-state index is -0.497. The number of ether oxygens (including phenoxy) is 1. The van der Waals surface area contributed by atoms with Gasteiger partial charge in [0.15, 0.2) is 0 Å². The summed E-state index contributed by atoms with van der Waals surface area (Å²) in [6.07, 6.45) is 3.21. The fraction of sp³-hybridized carbons (Fsp3) is 0.917. The van der Waals surface area contributed by atoms with Crippen molar-refractivity contribution in [2.45, 2.75) is 31.3 Å². The summed E-state index contributed by atoms with van der Waals surface area (Å²) < 4.78 is 4.60. The smallest absolute Gasteiger partial charge is 0.322 e. The van der Waals surface area contributed by atoms with Gasteiger partial charge in [0, 0.05) is 12.6 Å². The molecule has 1 rings (SSSR count). The lowest BCUT2D eigenvalue weighted by Gasteiger charge is -2.26. The van der Waals surface area contributed by atoms with Crippen molar-refractivity contribution in [2.75, 3.05) is 40.8 Å². The first-order valence-electron chi connectivity index (χ1n) is 6.26. The van der Waals surface area contributed by atoms with Crippen LogP contribution in [0.15, 0.2) is 0 Å². The van der Waals surface area contributed by atoms with Crippen LogP contribution in [0.1, 0.15) is 19.3 Å². The second kappa shape index (κ2) is 6.93. The van der Waals surface area contributed by atoms with Crippen LogP contribution in [-0.2, 0) is 9.53 Å². The molecule has 1 heterocycles. The predicted octanol–water partition coefficient (Wildman–Crippen LogP) is -0.0972. The second-order valence-corrected chi connectivity index (χ2v) is 4.96. The van der Waals surface area contributed by atoms with Crippen molar-refractivity contribution in [1.82, 2.24) is 9.80 Å². The molecule has 0 aliphatic carbocycles. The van der Waals surface area contributed by atoms with E-state index in [1.54, 1.807) is 0 Å². The number of likely N-dealkylation sites (tertiary alicyclic amines) is 1. The molecule has 17 heavy (non-hydrogen) atoms. The number of methoxy groups -OCH3 is 1. The number of hydrogen-bond acceptors (Lipinski definition) is 5. The van der Waals surface area contributed by atoms with E-state index in [4.69, 9.17) is 5.73 Å². The van der Waals surface area contributed by atoms with E-state index in [1.165, 1.54) is 26.5 Å². The van der Waals surface area contributed by atoms with Crippen LogP contribution in [0.4, 0.5) is 0 Å². The summed E-state index contributed by atoms with van der Waals surface area (Å²) >= 11 is 0. The lowest BCUT2D eigenvalue weighted by atomic mass is 10.2. The third-order valence-corrected chi connectivity index (χ3v) is 3.52. The van der Waals surface area contributed by atoms with Crippen molar-refractivity contribution >= 4 is 5.97 Å². The molecule has 0 aromatic rings. The molecule has 1 aliphatic heterocycles. The van der Waals surface area contributed by atoms with Gasteiger partial charge in [-0.05, 0) is 46.4 Å². The van der Waals surface area contributed by atoms with Gasteiger partial charge >= 0.3 is 5.97 Å². The average Bonchev–Trinajstić information content (AvgIpc) is 2.71. The van der Waals surface area contributed by atoms with Crippen LogP contribution in [0.2, 0.25) is 0 Å². The highest BCUT2D eigenvalue weighted by Gasteiger charge is 2.22. The normalized spacial score (nSPS) is 23.0. The summed E-state index contributed by atoms with van der Waals surface area (Å²) in [5.74, 6) is -0.323. The Labute approximate surface area is 104 Å². The lowest BCUT2D eigenvalue weighted by molar-refractivity contribution is -0.142. The number of hydrogen-bond donors (Lipinski definition) is 1. The molecule has 0 bridgehead atoms. The van der Waals surface area contributed by atoms with E-state index in [1.807, 2.05) is 0 Å². The number of nitrogens with zero attached hydrogens (tertiary/aromatic N) is 2.